The van der Waals surface area contributed by atoms with Crippen LogP contribution in [0.25, 0.3) is 0 Å². The van der Waals surface area contributed by atoms with E-state index in [-0.39, 0.29) is 17.6 Å². The van der Waals surface area contributed by atoms with Crippen LogP contribution in [0.3, 0.4) is 0 Å². The van der Waals surface area contributed by atoms with Gasteiger partial charge in [-0.25, -0.2) is 0 Å². The van der Waals surface area contributed by atoms with E-state index in [0.29, 0.717) is 6.61 Å². The molecule has 2 rings (SSSR count). The van der Waals surface area contributed by atoms with Crippen LogP contribution in [-0.4, -0.2) is 38.3 Å². The van der Waals surface area contributed by atoms with Gasteiger partial charge in [0.25, 0.3) is 5.91 Å². The number of nitrogens with one attached hydrogen (secondary N) is 2. The zero-order chi connectivity index (χ0) is 18.0. The minimum atomic E-state index is -4.68. The topological polar surface area (TPSA) is 50.4 Å². The minimum Gasteiger partial charge on any atom is -0.383 e. The van der Waals surface area contributed by atoms with Gasteiger partial charge < -0.3 is 15.4 Å². The molecule has 134 valence electrons. The summed E-state index contributed by atoms with van der Waals surface area (Å²) in [4.78, 5) is 12.2. The molecule has 1 atom stereocenters. The molecule has 1 aromatic rings. The standard InChI is InChI=1S/C15H17Cl2F3N2O2/c1-24-8-14(3-2-4-22-14)7-21-13(23)9-5-10(16)12(11(17)6-9)15(18,19)20/h5-6,22H,2-4,7-8H2,1H3,(H,21,23). The summed E-state index contributed by atoms with van der Waals surface area (Å²) in [5.41, 5.74) is -1.54. The molecule has 0 spiro atoms. The van der Waals surface area contributed by atoms with Crippen molar-refractivity contribution >= 4 is 29.1 Å². The van der Waals surface area contributed by atoms with Crippen molar-refractivity contribution in [3.63, 3.8) is 0 Å². The van der Waals surface area contributed by atoms with Crippen molar-refractivity contribution in [2.45, 2.75) is 24.6 Å². The van der Waals surface area contributed by atoms with Crippen LogP contribution in [0.15, 0.2) is 12.1 Å². The van der Waals surface area contributed by atoms with Gasteiger partial charge in [-0.3, -0.25) is 4.79 Å². The van der Waals surface area contributed by atoms with Gasteiger partial charge in [0.05, 0.1) is 27.8 Å². The molecule has 1 fully saturated rings. The van der Waals surface area contributed by atoms with Gasteiger partial charge in [-0.05, 0) is 31.5 Å². The predicted molar refractivity (Wildman–Crippen MR) is 85.6 cm³/mol. The average Bonchev–Trinajstić information content (AvgIpc) is 2.92. The average molecular weight is 385 g/mol. The second-order valence-corrected chi connectivity index (χ2v) is 6.55. The predicted octanol–water partition coefficient (Wildman–Crippen LogP) is 3.51. The van der Waals surface area contributed by atoms with Crippen LogP contribution in [-0.2, 0) is 10.9 Å². The molecule has 1 amide bonds. The van der Waals surface area contributed by atoms with Gasteiger partial charge >= 0.3 is 6.18 Å². The third-order valence-corrected chi connectivity index (χ3v) is 4.52. The van der Waals surface area contributed by atoms with Gasteiger partial charge in [0.15, 0.2) is 0 Å². The van der Waals surface area contributed by atoms with E-state index < -0.39 is 27.7 Å². The highest BCUT2D eigenvalue weighted by atomic mass is 35.5. The Hall–Kier alpha value is -1.02. The molecule has 1 unspecified atom stereocenters. The molecule has 1 heterocycles. The Morgan fingerprint density at radius 2 is 2.00 bits per heavy atom. The number of benzene rings is 1. The first-order valence-electron chi connectivity index (χ1n) is 7.27. The summed E-state index contributed by atoms with van der Waals surface area (Å²) in [6, 6.07) is 1.94. The SMILES string of the molecule is COCC1(CNC(=O)c2cc(Cl)c(C(F)(F)F)c(Cl)c2)CCCN1. The molecule has 1 aromatic carbocycles. The van der Waals surface area contributed by atoms with Gasteiger partial charge in [0.1, 0.15) is 0 Å². The summed E-state index contributed by atoms with van der Waals surface area (Å²) in [7, 11) is 1.57. The minimum absolute atomic E-state index is 0.0245. The maximum Gasteiger partial charge on any atom is 0.419 e. The lowest BCUT2D eigenvalue weighted by Gasteiger charge is -2.29. The first kappa shape index (κ1) is 19.3. The van der Waals surface area contributed by atoms with E-state index in [1.807, 2.05) is 0 Å². The highest BCUT2D eigenvalue weighted by Crippen LogP contribution is 2.40. The van der Waals surface area contributed by atoms with Gasteiger partial charge in [-0.2, -0.15) is 13.2 Å². The second-order valence-electron chi connectivity index (χ2n) is 5.74. The summed E-state index contributed by atoms with van der Waals surface area (Å²) >= 11 is 11.3. The second kappa shape index (κ2) is 7.47. The molecule has 1 aliphatic rings. The summed E-state index contributed by atoms with van der Waals surface area (Å²) < 4.78 is 43.7. The van der Waals surface area contributed by atoms with E-state index in [9.17, 15) is 18.0 Å². The Morgan fingerprint density at radius 1 is 1.38 bits per heavy atom. The van der Waals surface area contributed by atoms with Crippen molar-refractivity contribution in [3.8, 4) is 0 Å². The number of carbonyl (C=O) groups excluding carboxylic acids is 1. The van der Waals surface area contributed by atoms with Crippen molar-refractivity contribution in [2.75, 3.05) is 26.8 Å². The molecule has 2 N–H and O–H groups in total. The van der Waals surface area contributed by atoms with E-state index in [1.165, 1.54) is 0 Å². The molecule has 0 saturated carbocycles. The molecule has 0 aliphatic carbocycles. The van der Waals surface area contributed by atoms with Crippen LogP contribution in [0.2, 0.25) is 10.0 Å². The zero-order valence-electron chi connectivity index (χ0n) is 12.9. The van der Waals surface area contributed by atoms with E-state index in [2.05, 4.69) is 10.6 Å². The number of halogens is 5. The monoisotopic (exact) mass is 384 g/mol. The highest BCUT2D eigenvalue weighted by molar-refractivity contribution is 6.36. The number of hydrogen-bond acceptors (Lipinski definition) is 3. The molecular weight excluding hydrogens is 368 g/mol. The van der Waals surface area contributed by atoms with Crippen LogP contribution >= 0.6 is 23.2 Å². The van der Waals surface area contributed by atoms with Crippen molar-refractivity contribution in [2.24, 2.45) is 0 Å². The molecule has 24 heavy (non-hydrogen) atoms. The number of hydrogen-bond donors (Lipinski definition) is 2. The maximum absolute atomic E-state index is 12.8. The first-order valence-corrected chi connectivity index (χ1v) is 8.02. The van der Waals surface area contributed by atoms with E-state index >= 15 is 0 Å². The van der Waals surface area contributed by atoms with Crippen LogP contribution in [0, 0.1) is 0 Å². The molecule has 0 aromatic heterocycles. The molecular formula is C15H17Cl2F3N2O2. The normalized spacial score (nSPS) is 21.1. The fourth-order valence-corrected chi connectivity index (χ4v) is 3.50. The van der Waals surface area contributed by atoms with Gasteiger partial charge in [0, 0.05) is 19.2 Å². The Bertz CT molecular complexity index is 594. The number of carbonyl (C=O) groups is 1. The molecule has 1 aliphatic heterocycles. The maximum atomic E-state index is 12.8. The van der Waals surface area contributed by atoms with Gasteiger partial charge in [-0.15, -0.1) is 0 Å². The fourth-order valence-electron chi connectivity index (χ4n) is 2.80. The zero-order valence-corrected chi connectivity index (χ0v) is 14.4. The lowest BCUT2D eigenvalue weighted by atomic mass is 9.98. The van der Waals surface area contributed by atoms with Crippen LogP contribution in [0.1, 0.15) is 28.8 Å². The number of rotatable bonds is 5. The van der Waals surface area contributed by atoms with Crippen molar-refractivity contribution in [3.05, 3.63) is 33.3 Å². The Labute approximate surface area is 147 Å². The van der Waals surface area contributed by atoms with Crippen molar-refractivity contribution < 1.29 is 22.7 Å². The fraction of sp³-hybridized carbons (Fsp3) is 0.533. The quantitative estimate of drug-likeness (QED) is 0.816. The lowest BCUT2D eigenvalue weighted by molar-refractivity contribution is -0.137. The van der Waals surface area contributed by atoms with Crippen LogP contribution in [0.4, 0.5) is 13.2 Å². The first-order chi connectivity index (χ1) is 11.2. The molecule has 0 radical (unpaired) electrons. The number of ether oxygens (including phenoxy) is 1. The Balaban J connectivity index is 2.13. The number of amides is 1. The van der Waals surface area contributed by atoms with Crippen molar-refractivity contribution in [1.29, 1.82) is 0 Å². The Morgan fingerprint density at radius 3 is 2.46 bits per heavy atom. The smallest absolute Gasteiger partial charge is 0.383 e. The largest absolute Gasteiger partial charge is 0.419 e. The van der Waals surface area contributed by atoms with E-state index in [4.69, 9.17) is 27.9 Å². The summed E-state index contributed by atoms with van der Waals surface area (Å²) in [5, 5.41) is 4.78. The van der Waals surface area contributed by atoms with Crippen LogP contribution < -0.4 is 10.6 Å². The molecule has 4 nitrogen and oxygen atoms in total. The van der Waals surface area contributed by atoms with E-state index in [1.54, 1.807) is 7.11 Å². The Kier molecular flexibility index (Phi) is 6.01. The van der Waals surface area contributed by atoms with Crippen LogP contribution in [0.5, 0.6) is 0 Å². The number of alkyl halides is 3. The van der Waals surface area contributed by atoms with E-state index in [0.717, 1.165) is 31.5 Å². The third kappa shape index (κ3) is 4.33. The number of methoxy groups -OCH3 is 1. The van der Waals surface area contributed by atoms with Gasteiger partial charge in [-0.1, -0.05) is 23.2 Å². The summed E-state index contributed by atoms with van der Waals surface area (Å²) in [5.74, 6) is -0.545. The molecule has 0 bridgehead atoms. The van der Waals surface area contributed by atoms with Crippen molar-refractivity contribution in [1.82, 2.24) is 10.6 Å². The molecule has 9 heteroatoms. The highest BCUT2D eigenvalue weighted by Gasteiger charge is 2.37. The summed E-state index contributed by atoms with van der Waals surface area (Å²) in [6.45, 7) is 1.52. The lowest BCUT2D eigenvalue weighted by Crippen LogP contribution is -2.53. The molecule has 1 saturated heterocycles. The van der Waals surface area contributed by atoms with Gasteiger partial charge in [0.2, 0.25) is 0 Å². The summed E-state index contributed by atoms with van der Waals surface area (Å²) in [6.07, 6.45) is -2.90. The third-order valence-electron chi connectivity index (χ3n) is 3.93.